The molecular formula is C18H15ClN2O3. The van der Waals surface area contributed by atoms with Crippen molar-refractivity contribution >= 4 is 34.8 Å². The zero-order valence-corrected chi connectivity index (χ0v) is 13.5. The molecule has 1 aliphatic rings. The van der Waals surface area contributed by atoms with Gasteiger partial charge in [0.2, 0.25) is 5.91 Å². The van der Waals surface area contributed by atoms with Gasteiger partial charge >= 0.3 is 0 Å². The van der Waals surface area contributed by atoms with Crippen molar-refractivity contribution in [3.05, 3.63) is 64.7 Å². The summed E-state index contributed by atoms with van der Waals surface area (Å²) >= 11 is 5.40. The maximum atomic E-state index is 12.6. The molecule has 122 valence electrons. The van der Waals surface area contributed by atoms with E-state index in [0.717, 1.165) is 5.69 Å². The van der Waals surface area contributed by atoms with Crippen LogP contribution in [0.15, 0.2) is 42.5 Å². The number of benzene rings is 2. The first kappa shape index (κ1) is 16.2. The lowest BCUT2D eigenvalue weighted by molar-refractivity contribution is -0.118. The van der Waals surface area contributed by atoms with E-state index in [1.165, 1.54) is 0 Å². The zero-order chi connectivity index (χ0) is 17.1. The third-order valence-corrected chi connectivity index (χ3v) is 4.07. The molecule has 0 aliphatic heterocycles. The molecule has 24 heavy (non-hydrogen) atoms. The van der Waals surface area contributed by atoms with Crippen LogP contribution in [0.25, 0.3) is 0 Å². The molecule has 0 bridgehead atoms. The molecule has 0 aromatic heterocycles. The fourth-order valence-corrected chi connectivity index (χ4v) is 2.76. The number of alkyl halides is 1. The van der Waals surface area contributed by atoms with Gasteiger partial charge in [-0.25, -0.2) is 0 Å². The quantitative estimate of drug-likeness (QED) is 0.551. The highest BCUT2D eigenvalue weighted by atomic mass is 35.5. The monoisotopic (exact) mass is 342 g/mol. The van der Waals surface area contributed by atoms with E-state index in [0.29, 0.717) is 35.3 Å². The zero-order valence-electron chi connectivity index (χ0n) is 12.8. The molecule has 0 spiro atoms. The minimum Gasteiger partial charge on any atom is -0.383 e. The van der Waals surface area contributed by atoms with Crippen molar-refractivity contribution in [3.8, 4) is 0 Å². The van der Waals surface area contributed by atoms with Crippen molar-refractivity contribution in [1.29, 1.82) is 0 Å². The van der Waals surface area contributed by atoms with Gasteiger partial charge in [-0.2, -0.15) is 0 Å². The van der Waals surface area contributed by atoms with Gasteiger partial charge in [0.1, 0.15) is 5.88 Å². The first-order chi connectivity index (χ1) is 11.6. The number of ketones is 2. The highest BCUT2D eigenvalue weighted by Gasteiger charge is 2.29. The molecule has 5 nitrogen and oxygen atoms in total. The van der Waals surface area contributed by atoms with Crippen LogP contribution in [0.5, 0.6) is 0 Å². The largest absolute Gasteiger partial charge is 0.383 e. The summed E-state index contributed by atoms with van der Waals surface area (Å²) in [6.45, 7) is 0.901. The lowest BCUT2D eigenvalue weighted by Crippen LogP contribution is -2.29. The number of anilines is 1. The SMILES string of the molecule is O=C(CCl)NCCNc1ccc2c(c1)C(=O)c1ccccc1C2=O. The molecule has 3 rings (SSSR count). The average molecular weight is 343 g/mol. The topological polar surface area (TPSA) is 75.3 Å². The van der Waals surface area contributed by atoms with E-state index in [4.69, 9.17) is 11.6 Å². The Morgan fingerprint density at radius 3 is 2.17 bits per heavy atom. The molecule has 2 aromatic rings. The number of carbonyl (C=O) groups excluding carboxylic acids is 3. The van der Waals surface area contributed by atoms with Gasteiger partial charge < -0.3 is 10.6 Å². The summed E-state index contributed by atoms with van der Waals surface area (Å²) in [5.41, 5.74) is 2.41. The molecule has 0 fully saturated rings. The van der Waals surface area contributed by atoms with E-state index in [1.807, 2.05) is 0 Å². The Hall–Kier alpha value is -2.66. The average Bonchev–Trinajstić information content (AvgIpc) is 2.63. The lowest BCUT2D eigenvalue weighted by atomic mass is 9.84. The van der Waals surface area contributed by atoms with Gasteiger partial charge in [0.05, 0.1) is 0 Å². The molecule has 0 heterocycles. The number of nitrogens with one attached hydrogen (secondary N) is 2. The van der Waals surface area contributed by atoms with Crippen LogP contribution in [0, 0.1) is 0 Å². The summed E-state index contributed by atoms with van der Waals surface area (Å²) in [4.78, 5) is 36.2. The van der Waals surface area contributed by atoms with Crippen LogP contribution in [0.4, 0.5) is 5.69 Å². The third-order valence-electron chi connectivity index (χ3n) is 3.82. The fourth-order valence-electron chi connectivity index (χ4n) is 2.67. The Balaban J connectivity index is 1.77. The van der Waals surface area contributed by atoms with Crippen LogP contribution < -0.4 is 10.6 Å². The number of rotatable bonds is 5. The van der Waals surface area contributed by atoms with Crippen molar-refractivity contribution < 1.29 is 14.4 Å². The van der Waals surface area contributed by atoms with Crippen LogP contribution in [0.1, 0.15) is 31.8 Å². The molecule has 0 unspecified atom stereocenters. The second-order valence-corrected chi connectivity index (χ2v) is 5.64. The Morgan fingerprint density at radius 1 is 0.875 bits per heavy atom. The number of hydrogen-bond acceptors (Lipinski definition) is 4. The van der Waals surface area contributed by atoms with E-state index < -0.39 is 0 Å². The highest BCUT2D eigenvalue weighted by Crippen LogP contribution is 2.28. The number of carbonyl (C=O) groups is 3. The minimum atomic E-state index is -0.235. The van der Waals surface area contributed by atoms with Gasteiger partial charge in [-0.05, 0) is 18.2 Å². The molecular weight excluding hydrogens is 328 g/mol. The molecule has 1 amide bonds. The summed E-state index contributed by atoms with van der Waals surface area (Å²) in [7, 11) is 0. The molecule has 0 saturated heterocycles. The van der Waals surface area contributed by atoms with Crippen molar-refractivity contribution in [2.75, 3.05) is 24.3 Å². The summed E-state index contributed by atoms with van der Waals surface area (Å²) in [6.07, 6.45) is 0. The summed E-state index contributed by atoms with van der Waals surface area (Å²) < 4.78 is 0. The maximum absolute atomic E-state index is 12.6. The Kier molecular flexibility index (Phi) is 4.62. The van der Waals surface area contributed by atoms with E-state index in [2.05, 4.69) is 10.6 Å². The van der Waals surface area contributed by atoms with Gasteiger partial charge in [0, 0.05) is 41.0 Å². The molecule has 6 heteroatoms. The fraction of sp³-hybridized carbons (Fsp3) is 0.167. The highest BCUT2D eigenvalue weighted by molar-refractivity contribution is 6.28. The third kappa shape index (κ3) is 3.03. The Morgan fingerprint density at radius 2 is 1.50 bits per heavy atom. The van der Waals surface area contributed by atoms with Crippen molar-refractivity contribution in [1.82, 2.24) is 5.32 Å². The van der Waals surface area contributed by atoms with Gasteiger partial charge in [0.15, 0.2) is 11.6 Å². The van der Waals surface area contributed by atoms with E-state index >= 15 is 0 Å². The predicted molar refractivity (Wildman–Crippen MR) is 92.0 cm³/mol. The smallest absolute Gasteiger partial charge is 0.234 e. The van der Waals surface area contributed by atoms with Crippen LogP contribution >= 0.6 is 11.6 Å². The first-order valence-electron chi connectivity index (χ1n) is 7.51. The molecule has 0 atom stereocenters. The van der Waals surface area contributed by atoms with Crippen LogP contribution in [-0.4, -0.2) is 36.4 Å². The standard InChI is InChI=1S/C18H15ClN2O3/c19-10-16(22)21-8-7-20-11-5-6-14-15(9-11)18(24)13-4-2-1-3-12(13)17(14)23/h1-6,9,20H,7-8,10H2,(H,21,22). The summed E-state index contributed by atoms with van der Waals surface area (Å²) in [5, 5.41) is 5.75. The second kappa shape index (κ2) is 6.84. The van der Waals surface area contributed by atoms with E-state index in [1.54, 1.807) is 42.5 Å². The Bertz CT molecular complexity index is 833. The minimum absolute atomic E-state index is 0.0745. The van der Waals surface area contributed by atoms with Crippen molar-refractivity contribution in [2.24, 2.45) is 0 Å². The summed E-state index contributed by atoms with van der Waals surface area (Å²) in [6, 6.07) is 11.9. The van der Waals surface area contributed by atoms with Gasteiger partial charge in [0.25, 0.3) is 0 Å². The molecule has 0 saturated carbocycles. The lowest BCUT2D eigenvalue weighted by Gasteiger charge is -2.18. The van der Waals surface area contributed by atoms with Crippen molar-refractivity contribution in [2.45, 2.75) is 0 Å². The van der Waals surface area contributed by atoms with Crippen LogP contribution in [-0.2, 0) is 4.79 Å². The number of halogens is 1. The number of amides is 1. The van der Waals surface area contributed by atoms with Crippen molar-refractivity contribution in [3.63, 3.8) is 0 Å². The second-order valence-electron chi connectivity index (χ2n) is 5.37. The van der Waals surface area contributed by atoms with Gasteiger partial charge in [-0.15, -0.1) is 11.6 Å². The molecule has 0 radical (unpaired) electrons. The Labute approximate surface area is 144 Å². The molecule has 2 N–H and O–H groups in total. The van der Waals surface area contributed by atoms with Crippen LogP contribution in [0.2, 0.25) is 0 Å². The predicted octanol–water partition coefficient (Wildman–Crippen LogP) is 2.23. The first-order valence-corrected chi connectivity index (χ1v) is 8.04. The molecule has 2 aromatic carbocycles. The number of fused-ring (bicyclic) bond motifs is 2. The van der Waals surface area contributed by atoms with E-state index in [9.17, 15) is 14.4 Å². The van der Waals surface area contributed by atoms with Gasteiger partial charge in [-0.3, -0.25) is 14.4 Å². The summed E-state index contributed by atoms with van der Waals surface area (Å²) in [5.74, 6) is -0.601. The molecule has 1 aliphatic carbocycles. The van der Waals surface area contributed by atoms with Gasteiger partial charge in [-0.1, -0.05) is 24.3 Å². The number of hydrogen-bond donors (Lipinski definition) is 2. The van der Waals surface area contributed by atoms with Crippen LogP contribution in [0.3, 0.4) is 0 Å². The van der Waals surface area contributed by atoms with E-state index in [-0.39, 0.29) is 23.4 Å². The normalized spacial score (nSPS) is 12.4. The maximum Gasteiger partial charge on any atom is 0.234 e.